The summed E-state index contributed by atoms with van der Waals surface area (Å²) in [6, 6.07) is 21.6. The first-order chi connectivity index (χ1) is 16.6. The molecule has 0 spiro atoms. The minimum absolute atomic E-state index is 0.324. The van der Waals surface area contributed by atoms with Gasteiger partial charge in [0.2, 0.25) is 0 Å². The summed E-state index contributed by atoms with van der Waals surface area (Å²) in [5.41, 5.74) is 4.80. The smallest absolute Gasteiger partial charge is 0.343 e. The van der Waals surface area contributed by atoms with E-state index in [4.69, 9.17) is 26.4 Å². The van der Waals surface area contributed by atoms with Gasteiger partial charge in [0.15, 0.2) is 16.6 Å². The number of hydrazone groups is 1. The molecule has 3 aromatic rings. The molecule has 0 saturated carbocycles. The molecule has 7 nitrogen and oxygen atoms in total. The summed E-state index contributed by atoms with van der Waals surface area (Å²) in [7, 11) is 0. The van der Waals surface area contributed by atoms with Gasteiger partial charge in [-0.05, 0) is 85.7 Å². The fraction of sp³-hybridized carbons (Fsp3) is 0.192. The number of anilines is 1. The number of nitrogens with one attached hydrogen (secondary N) is 2. The largest absolute Gasteiger partial charge is 0.494 e. The predicted molar refractivity (Wildman–Crippen MR) is 138 cm³/mol. The first kappa shape index (κ1) is 24.7. The molecule has 0 amide bonds. The number of nitrogens with zero attached hydrogens (tertiary/aromatic N) is 1. The van der Waals surface area contributed by atoms with E-state index in [1.54, 1.807) is 48.7 Å². The molecule has 0 radical (unpaired) electrons. The van der Waals surface area contributed by atoms with Crippen LogP contribution in [0.15, 0.2) is 77.9 Å². The number of carbonyl (C=O) groups excluding carboxylic acids is 1. The van der Waals surface area contributed by atoms with Crippen molar-refractivity contribution in [3.63, 3.8) is 0 Å². The molecule has 0 aliphatic heterocycles. The van der Waals surface area contributed by atoms with E-state index in [1.165, 1.54) is 0 Å². The second kappa shape index (κ2) is 13.0. The second-order valence-corrected chi connectivity index (χ2v) is 7.50. The van der Waals surface area contributed by atoms with E-state index in [2.05, 4.69) is 15.8 Å². The molecule has 0 aliphatic rings. The van der Waals surface area contributed by atoms with Gasteiger partial charge in [-0.3, -0.25) is 5.43 Å². The zero-order chi connectivity index (χ0) is 24.2. The van der Waals surface area contributed by atoms with Crippen LogP contribution in [0.1, 0.15) is 36.2 Å². The Labute approximate surface area is 204 Å². The van der Waals surface area contributed by atoms with Crippen LogP contribution in [0.25, 0.3) is 0 Å². The van der Waals surface area contributed by atoms with Gasteiger partial charge in [-0.2, -0.15) is 5.10 Å². The summed E-state index contributed by atoms with van der Waals surface area (Å²) in [5, 5.41) is 7.55. The molecule has 0 saturated heterocycles. The van der Waals surface area contributed by atoms with Crippen LogP contribution < -0.4 is 25.0 Å². The van der Waals surface area contributed by atoms with Gasteiger partial charge in [-0.25, -0.2) is 4.79 Å². The van der Waals surface area contributed by atoms with Gasteiger partial charge < -0.3 is 19.5 Å². The number of para-hydroxylation sites is 1. The van der Waals surface area contributed by atoms with Crippen molar-refractivity contribution in [1.29, 1.82) is 0 Å². The van der Waals surface area contributed by atoms with Crippen LogP contribution in [0.2, 0.25) is 0 Å². The van der Waals surface area contributed by atoms with Gasteiger partial charge in [0.05, 0.1) is 25.0 Å². The molecule has 0 aliphatic carbocycles. The number of ether oxygens (including phenoxy) is 3. The monoisotopic (exact) mass is 477 g/mol. The fourth-order valence-corrected chi connectivity index (χ4v) is 3.04. The summed E-state index contributed by atoms with van der Waals surface area (Å²) in [6.45, 7) is 4.93. The van der Waals surface area contributed by atoms with Crippen LogP contribution in [0.4, 0.5) is 5.69 Å². The van der Waals surface area contributed by atoms with Crippen LogP contribution in [0.5, 0.6) is 17.2 Å². The molecule has 0 bridgehead atoms. The van der Waals surface area contributed by atoms with E-state index >= 15 is 0 Å². The lowest BCUT2D eigenvalue weighted by atomic mass is 10.2. The van der Waals surface area contributed by atoms with Crippen molar-refractivity contribution < 1.29 is 19.0 Å². The highest BCUT2D eigenvalue weighted by atomic mass is 32.1. The molecule has 2 N–H and O–H groups in total. The predicted octanol–water partition coefficient (Wildman–Crippen LogP) is 5.41. The highest BCUT2D eigenvalue weighted by Crippen LogP contribution is 2.29. The molecule has 34 heavy (non-hydrogen) atoms. The SMILES string of the molecule is CCCOc1ccc(C(=O)Oc2ccc(C=NNC(=S)Nc3ccccc3)cc2OCC)cc1. The Morgan fingerprint density at radius 3 is 2.44 bits per heavy atom. The Bertz CT molecular complexity index is 1120. The van der Waals surface area contributed by atoms with Crippen LogP contribution in [-0.4, -0.2) is 30.5 Å². The molecule has 0 unspecified atom stereocenters. The lowest BCUT2D eigenvalue weighted by Gasteiger charge is -2.12. The molecular weight excluding hydrogens is 450 g/mol. The van der Waals surface area contributed by atoms with E-state index in [1.807, 2.05) is 44.2 Å². The Balaban J connectivity index is 1.62. The fourth-order valence-electron chi connectivity index (χ4n) is 2.87. The molecule has 3 aromatic carbocycles. The number of hydrogen-bond acceptors (Lipinski definition) is 6. The Morgan fingerprint density at radius 2 is 1.74 bits per heavy atom. The first-order valence-corrected chi connectivity index (χ1v) is 11.4. The average molecular weight is 478 g/mol. The van der Waals surface area contributed by atoms with Crippen molar-refractivity contribution in [1.82, 2.24) is 5.43 Å². The van der Waals surface area contributed by atoms with E-state index in [0.29, 0.717) is 41.1 Å². The molecule has 3 rings (SSSR count). The number of esters is 1. The third-order valence-electron chi connectivity index (χ3n) is 4.44. The van der Waals surface area contributed by atoms with Crippen molar-refractivity contribution in [3.05, 3.63) is 83.9 Å². The number of benzene rings is 3. The summed E-state index contributed by atoms with van der Waals surface area (Å²) in [5.74, 6) is 0.990. The van der Waals surface area contributed by atoms with Crippen LogP contribution in [0.3, 0.4) is 0 Å². The third-order valence-corrected chi connectivity index (χ3v) is 4.64. The van der Waals surface area contributed by atoms with Crippen LogP contribution in [-0.2, 0) is 0 Å². The molecule has 8 heteroatoms. The molecule has 176 valence electrons. The highest BCUT2D eigenvalue weighted by Gasteiger charge is 2.13. The summed E-state index contributed by atoms with van der Waals surface area (Å²) in [4.78, 5) is 12.6. The Morgan fingerprint density at radius 1 is 0.971 bits per heavy atom. The molecule has 0 fully saturated rings. The van der Waals surface area contributed by atoms with Gasteiger partial charge in [-0.15, -0.1) is 0 Å². The van der Waals surface area contributed by atoms with Crippen molar-refractivity contribution >= 4 is 35.2 Å². The van der Waals surface area contributed by atoms with Gasteiger partial charge >= 0.3 is 5.97 Å². The third kappa shape index (κ3) is 7.60. The second-order valence-electron chi connectivity index (χ2n) is 7.09. The van der Waals surface area contributed by atoms with Gasteiger partial charge in [0, 0.05) is 5.69 Å². The number of thiocarbonyl (C=S) groups is 1. The van der Waals surface area contributed by atoms with E-state index in [-0.39, 0.29) is 0 Å². The number of carbonyl (C=O) groups is 1. The number of rotatable bonds is 10. The normalized spacial score (nSPS) is 10.5. The van der Waals surface area contributed by atoms with Gasteiger partial charge in [-0.1, -0.05) is 25.1 Å². The van der Waals surface area contributed by atoms with Crippen LogP contribution in [0, 0.1) is 0 Å². The maximum Gasteiger partial charge on any atom is 0.343 e. The minimum Gasteiger partial charge on any atom is -0.494 e. The van der Waals surface area contributed by atoms with E-state index in [0.717, 1.165) is 17.7 Å². The highest BCUT2D eigenvalue weighted by molar-refractivity contribution is 7.80. The van der Waals surface area contributed by atoms with Crippen molar-refractivity contribution in [2.45, 2.75) is 20.3 Å². The summed E-state index contributed by atoms with van der Waals surface area (Å²) >= 11 is 5.24. The van der Waals surface area contributed by atoms with Crippen LogP contribution >= 0.6 is 12.2 Å². The van der Waals surface area contributed by atoms with Crippen molar-refractivity contribution in [3.8, 4) is 17.2 Å². The standard InChI is InChI=1S/C26H27N3O4S/c1-3-16-32-22-13-11-20(12-14-22)25(30)33-23-15-10-19(17-24(23)31-4-2)18-27-29-26(34)28-21-8-6-5-7-9-21/h5-15,17-18H,3-4,16H2,1-2H3,(H2,28,29,34). The quantitative estimate of drug-likeness (QED) is 0.133. The maximum absolute atomic E-state index is 12.6. The zero-order valence-corrected chi connectivity index (χ0v) is 19.9. The molecule has 0 heterocycles. The van der Waals surface area contributed by atoms with Gasteiger partial charge in [0.25, 0.3) is 0 Å². The lowest BCUT2D eigenvalue weighted by molar-refractivity contribution is 0.0728. The topological polar surface area (TPSA) is 81.2 Å². The van der Waals surface area contributed by atoms with Crippen molar-refractivity contribution in [2.24, 2.45) is 5.10 Å². The Hall–Kier alpha value is -3.91. The summed E-state index contributed by atoms with van der Waals surface area (Å²) in [6.07, 6.45) is 2.51. The van der Waals surface area contributed by atoms with Crippen molar-refractivity contribution in [2.75, 3.05) is 18.5 Å². The molecular formula is C26H27N3O4S. The first-order valence-electron chi connectivity index (χ1n) is 11.0. The van der Waals surface area contributed by atoms with Gasteiger partial charge in [0.1, 0.15) is 5.75 Å². The number of hydrogen-bond donors (Lipinski definition) is 2. The zero-order valence-electron chi connectivity index (χ0n) is 19.1. The molecule has 0 atom stereocenters. The van der Waals surface area contributed by atoms with E-state index < -0.39 is 5.97 Å². The lowest BCUT2D eigenvalue weighted by Crippen LogP contribution is -2.23. The average Bonchev–Trinajstić information content (AvgIpc) is 2.85. The van der Waals surface area contributed by atoms with E-state index in [9.17, 15) is 4.79 Å². The molecule has 0 aromatic heterocycles. The minimum atomic E-state index is -0.483. The summed E-state index contributed by atoms with van der Waals surface area (Å²) < 4.78 is 16.8. The maximum atomic E-state index is 12.6. The Kier molecular flexibility index (Phi) is 9.42.